The molecule has 1 nitrogen and oxygen atoms in total. The van der Waals surface area contributed by atoms with Crippen LogP contribution in [0, 0.1) is 11.7 Å². The average molecular weight is 204 g/mol. The van der Waals surface area contributed by atoms with E-state index in [0.29, 0.717) is 0 Å². The van der Waals surface area contributed by atoms with Crippen LogP contribution in [0.25, 0.3) is 0 Å². The fourth-order valence-electron chi connectivity index (χ4n) is 1.89. The SMILES string of the molecule is O=C(c1ccccc1F)C1C=CCCC1. The minimum absolute atomic E-state index is 0.0935. The van der Waals surface area contributed by atoms with Crippen LogP contribution in [0.15, 0.2) is 36.4 Å². The molecule has 0 radical (unpaired) electrons. The zero-order valence-corrected chi connectivity index (χ0v) is 8.45. The van der Waals surface area contributed by atoms with Crippen molar-refractivity contribution in [1.29, 1.82) is 0 Å². The number of allylic oxidation sites excluding steroid dienone is 2. The summed E-state index contributed by atoms with van der Waals surface area (Å²) >= 11 is 0. The third kappa shape index (κ3) is 2.14. The maximum Gasteiger partial charge on any atom is 0.172 e. The number of ketones is 1. The van der Waals surface area contributed by atoms with Crippen LogP contribution in [0.5, 0.6) is 0 Å². The molecular formula is C13H13FO. The number of benzene rings is 1. The average Bonchev–Trinajstić information content (AvgIpc) is 2.30. The lowest BCUT2D eigenvalue weighted by atomic mass is 9.89. The quantitative estimate of drug-likeness (QED) is 0.533. The van der Waals surface area contributed by atoms with Gasteiger partial charge in [-0.05, 0) is 31.4 Å². The first-order chi connectivity index (χ1) is 7.29. The van der Waals surface area contributed by atoms with Gasteiger partial charge in [-0.1, -0.05) is 24.3 Å². The van der Waals surface area contributed by atoms with E-state index >= 15 is 0 Å². The van der Waals surface area contributed by atoms with Crippen molar-refractivity contribution in [3.63, 3.8) is 0 Å². The highest BCUT2D eigenvalue weighted by molar-refractivity contribution is 5.99. The lowest BCUT2D eigenvalue weighted by molar-refractivity contribution is 0.0932. The summed E-state index contributed by atoms with van der Waals surface area (Å²) in [5.41, 5.74) is 0.217. The van der Waals surface area contributed by atoms with Crippen LogP contribution in [-0.4, -0.2) is 5.78 Å². The highest BCUT2D eigenvalue weighted by Gasteiger charge is 2.21. The third-order valence-electron chi connectivity index (χ3n) is 2.73. The summed E-state index contributed by atoms with van der Waals surface area (Å²) in [4.78, 5) is 11.9. The molecule has 78 valence electrons. The van der Waals surface area contributed by atoms with Crippen molar-refractivity contribution >= 4 is 5.78 Å². The molecule has 1 aromatic rings. The van der Waals surface area contributed by atoms with Gasteiger partial charge in [-0.25, -0.2) is 4.39 Å². The highest BCUT2D eigenvalue weighted by Crippen LogP contribution is 2.22. The number of carbonyl (C=O) groups is 1. The minimum Gasteiger partial charge on any atom is -0.293 e. The van der Waals surface area contributed by atoms with Crippen molar-refractivity contribution in [3.8, 4) is 0 Å². The molecule has 0 saturated heterocycles. The van der Waals surface area contributed by atoms with Gasteiger partial charge in [0, 0.05) is 5.92 Å². The normalized spacial score (nSPS) is 20.2. The van der Waals surface area contributed by atoms with Gasteiger partial charge in [0.15, 0.2) is 5.78 Å². The van der Waals surface area contributed by atoms with Gasteiger partial charge in [-0.15, -0.1) is 0 Å². The van der Waals surface area contributed by atoms with Gasteiger partial charge in [0.05, 0.1) is 5.56 Å². The Kier molecular flexibility index (Phi) is 2.95. The van der Waals surface area contributed by atoms with E-state index in [9.17, 15) is 9.18 Å². The second-order valence-electron chi connectivity index (χ2n) is 3.81. The van der Waals surface area contributed by atoms with E-state index in [1.807, 2.05) is 12.2 Å². The predicted molar refractivity (Wildman–Crippen MR) is 57.2 cm³/mol. The van der Waals surface area contributed by atoms with E-state index < -0.39 is 5.82 Å². The van der Waals surface area contributed by atoms with Crippen molar-refractivity contribution in [2.45, 2.75) is 19.3 Å². The molecule has 1 atom stereocenters. The standard InChI is InChI=1S/C13H13FO/c14-12-9-5-4-8-11(12)13(15)10-6-2-1-3-7-10/h2,4-6,8-10H,1,3,7H2. The molecule has 1 aliphatic carbocycles. The van der Waals surface area contributed by atoms with Crippen LogP contribution in [0.2, 0.25) is 0 Å². The Hall–Kier alpha value is -1.44. The topological polar surface area (TPSA) is 17.1 Å². The van der Waals surface area contributed by atoms with Gasteiger partial charge < -0.3 is 0 Å². The molecule has 1 aromatic carbocycles. The Balaban J connectivity index is 2.24. The monoisotopic (exact) mass is 204 g/mol. The van der Waals surface area contributed by atoms with E-state index in [-0.39, 0.29) is 17.3 Å². The summed E-state index contributed by atoms with van der Waals surface area (Å²) in [7, 11) is 0. The van der Waals surface area contributed by atoms with Gasteiger partial charge in [-0.2, -0.15) is 0 Å². The first kappa shape index (κ1) is 10.1. The molecule has 0 heterocycles. The Bertz CT molecular complexity index is 395. The molecule has 0 saturated carbocycles. The lowest BCUT2D eigenvalue weighted by Crippen LogP contribution is -2.15. The fraction of sp³-hybridized carbons (Fsp3) is 0.308. The molecular weight excluding hydrogens is 191 g/mol. The first-order valence-electron chi connectivity index (χ1n) is 5.24. The van der Waals surface area contributed by atoms with Gasteiger partial charge in [-0.3, -0.25) is 4.79 Å². The van der Waals surface area contributed by atoms with Crippen molar-refractivity contribution in [3.05, 3.63) is 47.8 Å². The van der Waals surface area contributed by atoms with E-state index in [0.717, 1.165) is 19.3 Å². The zero-order valence-electron chi connectivity index (χ0n) is 8.45. The second kappa shape index (κ2) is 4.39. The van der Waals surface area contributed by atoms with E-state index in [1.165, 1.54) is 6.07 Å². The largest absolute Gasteiger partial charge is 0.293 e. The minimum atomic E-state index is -0.415. The van der Waals surface area contributed by atoms with Crippen LogP contribution in [0.4, 0.5) is 4.39 Å². The zero-order chi connectivity index (χ0) is 10.7. The molecule has 0 spiro atoms. The van der Waals surface area contributed by atoms with Crippen LogP contribution in [0.3, 0.4) is 0 Å². The summed E-state index contributed by atoms with van der Waals surface area (Å²) < 4.78 is 13.4. The van der Waals surface area contributed by atoms with Crippen molar-refractivity contribution in [1.82, 2.24) is 0 Å². The van der Waals surface area contributed by atoms with Gasteiger partial charge >= 0.3 is 0 Å². The van der Waals surface area contributed by atoms with Gasteiger partial charge in [0.1, 0.15) is 5.82 Å². The molecule has 1 unspecified atom stereocenters. The van der Waals surface area contributed by atoms with Crippen LogP contribution in [0.1, 0.15) is 29.6 Å². The maximum atomic E-state index is 13.4. The molecule has 2 heteroatoms. The maximum absolute atomic E-state index is 13.4. The van der Waals surface area contributed by atoms with E-state index in [4.69, 9.17) is 0 Å². The summed E-state index contributed by atoms with van der Waals surface area (Å²) in [5, 5.41) is 0. The first-order valence-corrected chi connectivity index (χ1v) is 5.24. The molecule has 0 bridgehead atoms. The van der Waals surface area contributed by atoms with E-state index in [1.54, 1.807) is 18.2 Å². The summed E-state index contributed by atoms with van der Waals surface area (Å²) in [6.45, 7) is 0. The number of carbonyl (C=O) groups excluding carboxylic acids is 1. The number of hydrogen-bond donors (Lipinski definition) is 0. The van der Waals surface area contributed by atoms with Crippen molar-refractivity contribution in [2.75, 3.05) is 0 Å². The molecule has 15 heavy (non-hydrogen) atoms. The Labute approximate surface area is 88.6 Å². The van der Waals surface area contributed by atoms with Gasteiger partial charge in [0.25, 0.3) is 0 Å². The number of rotatable bonds is 2. The van der Waals surface area contributed by atoms with Crippen LogP contribution >= 0.6 is 0 Å². The number of hydrogen-bond acceptors (Lipinski definition) is 1. The number of Topliss-reactive ketones (excluding diaryl/α,β-unsaturated/α-hetero) is 1. The molecule has 0 aliphatic heterocycles. The Morgan fingerprint density at radius 3 is 2.80 bits per heavy atom. The number of halogens is 1. The lowest BCUT2D eigenvalue weighted by Gasteiger charge is -2.15. The second-order valence-corrected chi connectivity index (χ2v) is 3.81. The molecule has 0 N–H and O–H groups in total. The predicted octanol–water partition coefficient (Wildman–Crippen LogP) is 3.36. The van der Waals surface area contributed by atoms with Crippen molar-refractivity contribution in [2.24, 2.45) is 5.92 Å². The fourth-order valence-corrected chi connectivity index (χ4v) is 1.89. The summed E-state index contributed by atoms with van der Waals surface area (Å²) in [6.07, 6.45) is 6.79. The molecule has 0 fully saturated rings. The summed E-state index contributed by atoms with van der Waals surface area (Å²) in [6, 6.07) is 6.19. The summed E-state index contributed by atoms with van der Waals surface area (Å²) in [5.74, 6) is -0.638. The third-order valence-corrected chi connectivity index (χ3v) is 2.73. The molecule has 1 aliphatic rings. The van der Waals surface area contributed by atoms with E-state index in [2.05, 4.69) is 0 Å². The Morgan fingerprint density at radius 2 is 2.13 bits per heavy atom. The van der Waals surface area contributed by atoms with Gasteiger partial charge in [0.2, 0.25) is 0 Å². The van der Waals surface area contributed by atoms with Crippen molar-refractivity contribution < 1.29 is 9.18 Å². The Morgan fingerprint density at radius 1 is 1.33 bits per heavy atom. The molecule has 0 aromatic heterocycles. The van der Waals surface area contributed by atoms with Crippen LogP contribution < -0.4 is 0 Å². The smallest absolute Gasteiger partial charge is 0.172 e. The highest BCUT2D eigenvalue weighted by atomic mass is 19.1. The molecule has 0 amide bonds. The molecule has 2 rings (SSSR count). The van der Waals surface area contributed by atoms with Crippen LogP contribution in [-0.2, 0) is 0 Å².